The molecule has 0 aliphatic rings. The second-order valence-electron chi connectivity index (χ2n) is 9.49. The predicted octanol–water partition coefficient (Wildman–Crippen LogP) is 7.59. The van der Waals surface area contributed by atoms with Crippen LogP contribution in [0.4, 0.5) is 0 Å². The fourth-order valence-corrected chi connectivity index (χ4v) is 11.6. The molecule has 2 heteroatoms. The summed E-state index contributed by atoms with van der Waals surface area (Å²) in [7, 11) is -2.46. The molecule has 4 radical (unpaired) electrons. The van der Waals surface area contributed by atoms with E-state index in [9.17, 15) is 0 Å². The molecule has 6 rings (SSSR count). The van der Waals surface area contributed by atoms with E-state index < -0.39 is 12.4 Å². The summed E-state index contributed by atoms with van der Waals surface area (Å²) in [6.45, 7) is 0. The fraction of sp³-hybridized carbons (Fsp3) is 0.0270. The molecular formula is C37H30BP. The summed E-state index contributed by atoms with van der Waals surface area (Å²) in [4.78, 5) is 0. The van der Waals surface area contributed by atoms with E-state index in [2.05, 4.69) is 182 Å². The maximum absolute atomic E-state index is 2.46. The molecular weight excluding hydrogens is 486 g/mol. The zero-order valence-corrected chi connectivity index (χ0v) is 22.7. The minimum Gasteiger partial charge on any atom is -1.00 e. The summed E-state index contributed by atoms with van der Waals surface area (Å²) < 4.78 is 0. The second kappa shape index (κ2) is 11.7. The highest BCUT2D eigenvalue weighted by atomic mass is 31.2. The van der Waals surface area contributed by atoms with Crippen LogP contribution >= 0.6 is 7.26 Å². The second-order valence-corrected chi connectivity index (χ2v) is 13.0. The van der Waals surface area contributed by atoms with Gasteiger partial charge in [0.1, 0.15) is 23.2 Å². The fourth-order valence-electron chi connectivity index (χ4n) is 6.10. The van der Waals surface area contributed by atoms with E-state index in [0.717, 1.165) is 0 Å². The first-order valence-corrected chi connectivity index (χ1v) is 14.9. The summed E-state index contributed by atoms with van der Waals surface area (Å²) in [6.07, 6.45) is 0. The van der Waals surface area contributed by atoms with Crippen LogP contribution in [0, 0.1) is 0 Å². The largest absolute Gasteiger partial charge is 1.00 e. The summed E-state index contributed by atoms with van der Waals surface area (Å²) in [5, 5.41) is 3.58. The van der Waals surface area contributed by atoms with E-state index in [1.165, 1.54) is 32.6 Å². The highest BCUT2D eigenvalue weighted by Gasteiger charge is 2.65. The Balaban J connectivity index is 0.00000308. The molecule has 39 heavy (non-hydrogen) atoms. The molecule has 0 amide bonds. The van der Waals surface area contributed by atoms with Crippen molar-refractivity contribution in [3.8, 4) is 0 Å². The molecule has 0 saturated carbocycles. The maximum atomic E-state index is 2.34. The van der Waals surface area contributed by atoms with Gasteiger partial charge in [-0.05, 0) is 36.4 Å². The number of hydrogen-bond donors (Lipinski definition) is 0. The molecule has 0 fully saturated rings. The Labute approximate surface area is 234 Å². The number of hydrogen-bond acceptors (Lipinski definition) is 0. The predicted molar refractivity (Wildman–Crippen MR) is 170 cm³/mol. The van der Waals surface area contributed by atoms with E-state index in [0.29, 0.717) is 0 Å². The topological polar surface area (TPSA) is 0 Å². The van der Waals surface area contributed by atoms with Crippen LogP contribution in [0.5, 0.6) is 0 Å². The molecule has 0 atom stereocenters. The van der Waals surface area contributed by atoms with E-state index >= 15 is 0 Å². The molecule has 186 valence electrons. The van der Waals surface area contributed by atoms with Crippen molar-refractivity contribution in [2.75, 3.05) is 0 Å². The lowest BCUT2D eigenvalue weighted by atomic mass is 9.84. The smallest absolute Gasteiger partial charge is 0.168 e. The van der Waals surface area contributed by atoms with Gasteiger partial charge in [0.05, 0.1) is 0 Å². The van der Waals surface area contributed by atoms with Crippen LogP contribution in [0.25, 0.3) is 0 Å². The Bertz CT molecular complexity index is 1250. The van der Waals surface area contributed by atoms with Crippen LogP contribution in [0.2, 0.25) is 0 Å². The van der Waals surface area contributed by atoms with Crippen LogP contribution in [0.15, 0.2) is 182 Å². The molecule has 0 aliphatic carbocycles. The maximum Gasteiger partial charge on any atom is 0.168 e. The van der Waals surface area contributed by atoms with E-state index in [1.807, 2.05) is 0 Å². The van der Waals surface area contributed by atoms with Crippen molar-refractivity contribution >= 4 is 31.6 Å². The molecule has 0 aliphatic heterocycles. The minimum absolute atomic E-state index is 0. The van der Waals surface area contributed by atoms with E-state index in [4.69, 9.17) is 0 Å². The Hall–Kier alpha value is -4.19. The highest BCUT2D eigenvalue weighted by Crippen LogP contribution is 2.74. The van der Waals surface area contributed by atoms with Gasteiger partial charge in [0.15, 0.2) is 5.16 Å². The third-order valence-corrected chi connectivity index (χ3v) is 12.5. The van der Waals surface area contributed by atoms with Crippen molar-refractivity contribution in [2.45, 2.75) is 5.16 Å². The van der Waals surface area contributed by atoms with Crippen molar-refractivity contribution in [1.82, 2.24) is 0 Å². The Morgan fingerprint density at radius 3 is 0.718 bits per heavy atom. The van der Waals surface area contributed by atoms with Gasteiger partial charge in [-0.15, -0.1) is 0 Å². The van der Waals surface area contributed by atoms with Gasteiger partial charge in [-0.3, -0.25) is 0 Å². The van der Waals surface area contributed by atoms with Crippen molar-refractivity contribution in [1.29, 1.82) is 0 Å². The van der Waals surface area contributed by atoms with Gasteiger partial charge in [-0.2, -0.15) is 0 Å². The summed E-state index contributed by atoms with van der Waals surface area (Å²) >= 11 is 0. The zero-order chi connectivity index (χ0) is 25.7. The van der Waals surface area contributed by atoms with Gasteiger partial charge < -0.3 is 8.41 Å². The van der Waals surface area contributed by atoms with Crippen LogP contribution in [0.1, 0.15) is 16.7 Å². The number of rotatable bonds is 7. The third kappa shape index (κ3) is 4.34. The molecule has 0 heterocycles. The first-order chi connectivity index (χ1) is 18.9. The Morgan fingerprint density at radius 2 is 0.487 bits per heavy atom. The zero-order valence-electron chi connectivity index (χ0n) is 21.8. The van der Waals surface area contributed by atoms with Gasteiger partial charge in [-0.1, -0.05) is 146 Å². The molecule has 0 nitrogen and oxygen atoms in total. The van der Waals surface area contributed by atoms with Crippen molar-refractivity contribution in [3.05, 3.63) is 199 Å². The van der Waals surface area contributed by atoms with Crippen LogP contribution in [-0.4, -0.2) is 8.41 Å². The van der Waals surface area contributed by atoms with Gasteiger partial charge in [-0.25, -0.2) is 0 Å². The lowest BCUT2D eigenvalue weighted by Gasteiger charge is -2.46. The first kappa shape index (κ1) is 26.4. The van der Waals surface area contributed by atoms with Gasteiger partial charge in [0.2, 0.25) is 0 Å². The normalized spacial score (nSPS) is 11.4. The molecule has 6 aromatic carbocycles. The highest BCUT2D eigenvalue weighted by molar-refractivity contribution is 7.97. The quantitative estimate of drug-likeness (QED) is 0.117. The van der Waals surface area contributed by atoms with Crippen molar-refractivity contribution in [3.63, 3.8) is 0 Å². The first-order valence-electron chi connectivity index (χ1n) is 13.1. The number of benzene rings is 6. The van der Waals surface area contributed by atoms with Gasteiger partial charge in [0, 0.05) is 16.7 Å². The lowest BCUT2D eigenvalue weighted by molar-refractivity contribution is 0.877. The molecule has 6 aromatic rings. The average molecular weight is 516 g/mol. The summed E-state index contributed by atoms with van der Waals surface area (Å²) in [6, 6.07) is 67.1. The standard InChI is InChI=1S/C37H30P.B/c1-7-19-31(20-8-1)37(32-21-9-2-10-22-32,33-23-11-3-12-24-33)38(34-25-13-4-14-26-34,35-27-15-5-16-28-35)36-29-17-6-18-30-36;/h1-30H;/q+1;-1. The van der Waals surface area contributed by atoms with Crippen molar-refractivity contribution < 1.29 is 0 Å². The molecule has 0 saturated heterocycles. The van der Waals surface area contributed by atoms with E-state index in [1.54, 1.807) is 0 Å². The Kier molecular flexibility index (Phi) is 7.92. The molecule has 0 spiro atoms. The monoisotopic (exact) mass is 516 g/mol. The molecule has 0 bridgehead atoms. The van der Waals surface area contributed by atoms with E-state index in [-0.39, 0.29) is 8.41 Å². The van der Waals surface area contributed by atoms with Gasteiger partial charge in [0.25, 0.3) is 0 Å². The van der Waals surface area contributed by atoms with Gasteiger partial charge >= 0.3 is 0 Å². The molecule has 0 aromatic heterocycles. The summed E-state index contributed by atoms with van der Waals surface area (Å²) in [5.74, 6) is 0. The Morgan fingerprint density at radius 1 is 0.282 bits per heavy atom. The molecule has 0 N–H and O–H groups in total. The van der Waals surface area contributed by atoms with Crippen LogP contribution in [0.3, 0.4) is 0 Å². The third-order valence-electron chi connectivity index (χ3n) is 7.51. The summed E-state index contributed by atoms with van der Waals surface area (Å²) in [5.41, 5.74) is 3.88. The van der Waals surface area contributed by atoms with Crippen molar-refractivity contribution in [2.24, 2.45) is 0 Å². The molecule has 0 unspecified atom stereocenters. The van der Waals surface area contributed by atoms with Crippen LogP contribution < -0.4 is 15.9 Å². The van der Waals surface area contributed by atoms with Crippen LogP contribution in [-0.2, 0) is 5.16 Å². The lowest BCUT2D eigenvalue weighted by Crippen LogP contribution is -2.47. The SMILES string of the molecule is [B-].c1ccc(C(c2ccccc2)(c2ccccc2)[P+](c2ccccc2)(c2ccccc2)c2ccccc2)cc1. The minimum atomic E-state index is -2.46. The average Bonchev–Trinajstić information content (AvgIpc) is 3.02.